The quantitative estimate of drug-likeness (QED) is 0.787. The van der Waals surface area contributed by atoms with Crippen LogP contribution in [0.1, 0.15) is 23.8 Å². The van der Waals surface area contributed by atoms with Gasteiger partial charge in [0.2, 0.25) is 5.91 Å². The first-order valence-corrected chi connectivity index (χ1v) is 7.03. The molecular weight excluding hydrogens is 310 g/mol. The fourth-order valence-corrected chi connectivity index (χ4v) is 2.33. The Kier molecular flexibility index (Phi) is 4.52. The van der Waals surface area contributed by atoms with E-state index in [2.05, 4.69) is 20.9 Å². The number of halogens is 1. The highest BCUT2D eigenvalue weighted by atomic mass is 79.9. The molecule has 0 aromatic carbocycles. The highest BCUT2D eigenvalue weighted by molar-refractivity contribution is 9.10. The molecule has 0 bridgehead atoms. The number of hydrogen-bond donors (Lipinski definition) is 0. The number of pyridine rings is 1. The molecule has 1 aromatic heterocycles. The fraction of sp³-hybridized carbons (Fsp3) is 0.462. The van der Waals surface area contributed by atoms with Crippen molar-refractivity contribution >= 4 is 27.7 Å². The molecule has 1 aliphatic heterocycles. The van der Waals surface area contributed by atoms with E-state index in [0.717, 1.165) is 10.9 Å². The summed E-state index contributed by atoms with van der Waals surface area (Å²) in [6.45, 7) is 4.11. The van der Waals surface area contributed by atoms with Crippen LogP contribution in [0.2, 0.25) is 0 Å². The summed E-state index contributed by atoms with van der Waals surface area (Å²) in [5.41, 5.74) is 0.444. The Morgan fingerprint density at radius 1 is 1.16 bits per heavy atom. The first-order chi connectivity index (χ1) is 9.08. The van der Waals surface area contributed by atoms with Crippen LogP contribution in [0.25, 0.3) is 0 Å². The van der Waals surface area contributed by atoms with Crippen molar-refractivity contribution in [3.63, 3.8) is 0 Å². The molecule has 1 aromatic rings. The molecule has 0 N–H and O–H groups in total. The van der Waals surface area contributed by atoms with Gasteiger partial charge in [-0.15, -0.1) is 0 Å². The van der Waals surface area contributed by atoms with Crippen LogP contribution < -0.4 is 0 Å². The molecule has 1 aliphatic rings. The summed E-state index contributed by atoms with van der Waals surface area (Å²) in [5, 5.41) is 0. The zero-order valence-electron chi connectivity index (χ0n) is 10.8. The summed E-state index contributed by atoms with van der Waals surface area (Å²) in [4.78, 5) is 31.3. The lowest BCUT2D eigenvalue weighted by Gasteiger charge is -2.21. The van der Waals surface area contributed by atoms with E-state index in [1.54, 1.807) is 35.1 Å². The van der Waals surface area contributed by atoms with Crippen molar-refractivity contribution in [2.45, 2.75) is 13.3 Å². The maximum atomic E-state index is 12.3. The summed E-state index contributed by atoms with van der Waals surface area (Å²) in [6, 6.07) is 3.51. The Bertz CT molecular complexity index is 475. The summed E-state index contributed by atoms with van der Waals surface area (Å²) < 4.78 is 0.850. The average molecular weight is 326 g/mol. The molecule has 2 rings (SSSR count). The molecule has 2 heterocycles. The van der Waals surface area contributed by atoms with Crippen LogP contribution in [0.5, 0.6) is 0 Å². The average Bonchev–Trinajstić information content (AvgIpc) is 2.64. The Morgan fingerprint density at radius 2 is 1.84 bits per heavy atom. The zero-order chi connectivity index (χ0) is 13.8. The molecule has 0 saturated carbocycles. The van der Waals surface area contributed by atoms with Gasteiger partial charge in [0, 0.05) is 43.8 Å². The van der Waals surface area contributed by atoms with Crippen LogP contribution >= 0.6 is 15.9 Å². The molecule has 2 amide bonds. The number of carbonyl (C=O) groups excluding carboxylic acids is 2. The van der Waals surface area contributed by atoms with E-state index >= 15 is 0 Å². The molecule has 0 radical (unpaired) electrons. The third kappa shape index (κ3) is 3.53. The van der Waals surface area contributed by atoms with Crippen LogP contribution in [0.3, 0.4) is 0 Å². The van der Waals surface area contributed by atoms with E-state index in [4.69, 9.17) is 0 Å². The fourth-order valence-electron chi connectivity index (χ4n) is 2.10. The van der Waals surface area contributed by atoms with Gasteiger partial charge < -0.3 is 9.80 Å². The molecule has 1 fully saturated rings. The Morgan fingerprint density at radius 3 is 2.47 bits per heavy atom. The van der Waals surface area contributed by atoms with Gasteiger partial charge in [0.05, 0.1) is 0 Å². The third-order valence-corrected chi connectivity index (χ3v) is 3.64. The number of carbonyl (C=O) groups is 2. The highest BCUT2D eigenvalue weighted by Crippen LogP contribution is 2.11. The molecule has 0 unspecified atom stereocenters. The van der Waals surface area contributed by atoms with Crippen LogP contribution in [0.15, 0.2) is 22.8 Å². The van der Waals surface area contributed by atoms with Gasteiger partial charge in [0.1, 0.15) is 5.69 Å². The zero-order valence-corrected chi connectivity index (χ0v) is 12.4. The van der Waals surface area contributed by atoms with Gasteiger partial charge in [0.15, 0.2) is 0 Å². The minimum atomic E-state index is -0.0714. The van der Waals surface area contributed by atoms with Crippen LogP contribution in [0, 0.1) is 0 Å². The molecule has 6 heteroatoms. The third-order valence-electron chi connectivity index (χ3n) is 3.17. The SMILES string of the molecule is CC(=O)N1CCCN(C(=O)c2ccc(Br)cn2)CC1. The first kappa shape index (κ1) is 14.0. The molecule has 19 heavy (non-hydrogen) atoms. The molecule has 0 aliphatic carbocycles. The molecular formula is C13H16BrN3O2. The standard InChI is InChI=1S/C13H16BrN3O2/c1-10(18)16-5-2-6-17(8-7-16)13(19)12-4-3-11(14)9-15-12/h3-4,9H,2,5-8H2,1H3. The summed E-state index contributed by atoms with van der Waals surface area (Å²) in [5.74, 6) is -0.00559. The van der Waals surface area contributed by atoms with Crippen molar-refractivity contribution in [1.29, 1.82) is 0 Å². The minimum Gasteiger partial charge on any atom is -0.341 e. The topological polar surface area (TPSA) is 53.5 Å². The van der Waals surface area contributed by atoms with E-state index in [0.29, 0.717) is 31.9 Å². The van der Waals surface area contributed by atoms with E-state index in [-0.39, 0.29) is 11.8 Å². The van der Waals surface area contributed by atoms with Crippen LogP contribution in [0.4, 0.5) is 0 Å². The van der Waals surface area contributed by atoms with Gasteiger partial charge >= 0.3 is 0 Å². The number of nitrogens with zero attached hydrogens (tertiary/aromatic N) is 3. The second-order valence-electron chi connectivity index (χ2n) is 4.51. The monoisotopic (exact) mass is 325 g/mol. The van der Waals surface area contributed by atoms with Crippen molar-refractivity contribution in [2.75, 3.05) is 26.2 Å². The maximum absolute atomic E-state index is 12.3. The minimum absolute atomic E-state index is 0.0658. The van der Waals surface area contributed by atoms with Crippen molar-refractivity contribution in [2.24, 2.45) is 0 Å². The van der Waals surface area contributed by atoms with Gasteiger partial charge in [-0.05, 0) is 34.5 Å². The molecule has 5 nitrogen and oxygen atoms in total. The van der Waals surface area contributed by atoms with E-state index < -0.39 is 0 Å². The normalized spacial score (nSPS) is 16.1. The van der Waals surface area contributed by atoms with Gasteiger partial charge in [-0.3, -0.25) is 9.59 Å². The van der Waals surface area contributed by atoms with E-state index in [9.17, 15) is 9.59 Å². The lowest BCUT2D eigenvalue weighted by molar-refractivity contribution is -0.128. The Hall–Kier alpha value is -1.43. The second-order valence-corrected chi connectivity index (χ2v) is 5.43. The number of hydrogen-bond acceptors (Lipinski definition) is 3. The molecule has 0 atom stereocenters. The Labute approximate surface area is 120 Å². The van der Waals surface area contributed by atoms with Gasteiger partial charge in [-0.25, -0.2) is 4.98 Å². The van der Waals surface area contributed by atoms with Crippen molar-refractivity contribution in [1.82, 2.24) is 14.8 Å². The van der Waals surface area contributed by atoms with Crippen LogP contribution in [-0.2, 0) is 4.79 Å². The molecule has 102 valence electrons. The smallest absolute Gasteiger partial charge is 0.272 e. The van der Waals surface area contributed by atoms with E-state index in [1.165, 1.54) is 0 Å². The van der Waals surface area contributed by atoms with Gasteiger partial charge in [-0.2, -0.15) is 0 Å². The summed E-state index contributed by atoms with van der Waals surface area (Å²) in [6.07, 6.45) is 2.43. The van der Waals surface area contributed by atoms with Crippen molar-refractivity contribution in [3.8, 4) is 0 Å². The predicted molar refractivity (Wildman–Crippen MR) is 74.7 cm³/mol. The molecule has 0 spiro atoms. The number of amides is 2. The number of rotatable bonds is 1. The number of aromatic nitrogens is 1. The highest BCUT2D eigenvalue weighted by Gasteiger charge is 2.21. The summed E-state index contributed by atoms with van der Waals surface area (Å²) in [7, 11) is 0. The predicted octanol–water partition coefficient (Wildman–Crippen LogP) is 1.54. The van der Waals surface area contributed by atoms with Gasteiger partial charge in [0.25, 0.3) is 5.91 Å². The van der Waals surface area contributed by atoms with Crippen molar-refractivity contribution < 1.29 is 9.59 Å². The second kappa shape index (κ2) is 6.14. The maximum Gasteiger partial charge on any atom is 0.272 e. The van der Waals surface area contributed by atoms with Crippen LogP contribution in [-0.4, -0.2) is 52.8 Å². The first-order valence-electron chi connectivity index (χ1n) is 6.24. The largest absolute Gasteiger partial charge is 0.341 e. The Balaban J connectivity index is 2.03. The van der Waals surface area contributed by atoms with Gasteiger partial charge in [-0.1, -0.05) is 0 Å². The van der Waals surface area contributed by atoms with E-state index in [1.807, 2.05) is 0 Å². The lowest BCUT2D eigenvalue weighted by Crippen LogP contribution is -2.36. The lowest BCUT2D eigenvalue weighted by atomic mass is 10.3. The van der Waals surface area contributed by atoms with Crippen molar-refractivity contribution in [3.05, 3.63) is 28.5 Å². The summed E-state index contributed by atoms with van der Waals surface area (Å²) >= 11 is 3.30. The molecule has 1 saturated heterocycles.